The first-order chi connectivity index (χ1) is 11.7. The van der Waals surface area contributed by atoms with Gasteiger partial charge in [0, 0.05) is 16.9 Å². The zero-order chi connectivity index (χ0) is 16.9. The van der Waals surface area contributed by atoms with Crippen molar-refractivity contribution in [2.45, 2.75) is 6.54 Å². The number of hydrogen-bond donors (Lipinski definition) is 1. The van der Waals surface area contributed by atoms with Gasteiger partial charge in [0.25, 0.3) is 5.91 Å². The number of pyridine rings is 1. The van der Waals surface area contributed by atoms with Gasteiger partial charge in [-0.1, -0.05) is 30.3 Å². The van der Waals surface area contributed by atoms with Crippen molar-refractivity contribution in [3.63, 3.8) is 0 Å². The highest BCUT2D eigenvalue weighted by molar-refractivity contribution is 9.10. The molecule has 0 radical (unpaired) electrons. The maximum atomic E-state index is 12.4. The van der Waals surface area contributed by atoms with Crippen LogP contribution in [0.25, 0.3) is 0 Å². The van der Waals surface area contributed by atoms with E-state index in [1.807, 2.05) is 30.3 Å². The second kappa shape index (κ2) is 7.27. The highest BCUT2D eigenvalue weighted by atomic mass is 79.9. The van der Waals surface area contributed by atoms with Gasteiger partial charge < -0.3 is 10.1 Å². The number of anilines is 1. The van der Waals surface area contributed by atoms with Crippen LogP contribution in [0.4, 0.5) is 5.69 Å². The Bertz CT molecular complexity index is 849. The van der Waals surface area contributed by atoms with Crippen molar-refractivity contribution in [2.75, 3.05) is 12.4 Å². The fourth-order valence-corrected chi connectivity index (χ4v) is 2.57. The number of methoxy groups -OCH3 is 1. The number of carbonyl (C=O) groups is 1. The zero-order valence-electron chi connectivity index (χ0n) is 12.9. The maximum absolute atomic E-state index is 12.4. The van der Waals surface area contributed by atoms with Crippen molar-refractivity contribution in [3.05, 3.63) is 70.6 Å². The first-order valence-electron chi connectivity index (χ1n) is 7.23. The molecule has 3 rings (SSSR count). The molecule has 0 aliphatic rings. The lowest BCUT2D eigenvalue weighted by molar-refractivity contribution is 0.102. The Hall–Kier alpha value is -2.67. The monoisotopic (exact) mass is 386 g/mol. The molecule has 0 fully saturated rings. The molecule has 122 valence electrons. The fourth-order valence-electron chi connectivity index (χ4n) is 2.24. The molecule has 2 heterocycles. The maximum Gasteiger partial charge on any atom is 0.261 e. The number of benzene rings is 1. The molecular weight excluding hydrogens is 372 g/mol. The predicted octanol–water partition coefficient (Wildman–Crippen LogP) is 3.35. The summed E-state index contributed by atoms with van der Waals surface area (Å²) in [6.45, 7) is 0.637. The lowest BCUT2D eigenvalue weighted by Gasteiger charge is -2.07. The average Bonchev–Trinajstić information content (AvgIpc) is 3.02. The van der Waals surface area contributed by atoms with Crippen LogP contribution in [0.15, 0.2) is 59.5 Å². The largest absolute Gasteiger partial charge is 0.480 e. The van der Waals surface area contributed by atoms with E-state index in [4.69, 9.17) is 4.74 Å². The summed E-state index contributed by atoms with van der Waals surface area (Å²) in [7, 11) is 1.48. The van der Waals surface area contributed by atoms with Crippen LogP contribution in [0, 0.1) is 0 Å². The molecule has 0 bridgehead atoms. The highest BCUT2D eigenvalue weighted by Gasteiger charge is 2.15. The summed E-state index contributed by atoms with van der Waals surface area (Å²) in [5.74, 6) is -0.0349. The first-order valence-corrected chi connectivity index (χ1v) is 8.02. The highest BCUT2D eigenvalue weighted by Crippen LogP contribution is 2.21. The normalized spacial score (nSPS) is 10.4. The standard InChI is InChI=1S/C17H15BrN4O2/c1-24-17-15(7-13(18)8-19-17)16(23)21-14-9-20-22(11-14)10-12-5-3-2-4-6-12/h2-9,11H,10H2,1H3,(H,21,23). The van der Waals surface area contributed by atoms with E-state index in [1.165, 1.54) is 7.11 Å². The molecule has 6 nitrogen and oxygen atoms in total. The summed E-state index contributed by atoms with van der Waals surface area (Å²) < 4.78 is 7.60. The van der Waals surface area contributed by atoms with Gasteiger partial charge in [-0.2, -0.15) is 5.10 Å². The molecule has 1 N–H and O–H groups in total. The van der Waals surface area contributed by atoms with Crippen molar-refractivity contribution in [1.82, 2.24) is 14.8 Å². The molecule has 24 heavy (non-hydrogen) atoms. The summed E-state index contributed by atoms with van der Waals surface area (Å²) in [6.07, 6.45) is 4.97. The fraction of sp³-hybridized carbons (Fsp3) is 0.118. The molecule has 0 saturated heterocycles. The molecular formula is C17H15BrN4O2. The molecule has 0 unspecified atom stereocenters. The van der Waals surface area contributed by atoms with E-state index >= 15 is 0 Å². The minimum atomic E-state index is -0.306. The summed E-state index contributed by atoms with van der Waals surface area (Å²) >= 11 is 3.31. The van der Waals surface area contributed by atoms with Crippen molar-refractivity contribution >= 4 is 27.5 Å². The molecule has 1 amide bonds. The van der Waals surface area contributed by atoms with Crippen LogP contribution in [0.3, 0.4) is 0 Å². The lowest BCUT2D eigenvalue weighted by Crippen LogP contribution is -2.13. The van der Waals surface area contributed by atoms with Gasteiger partial charge >= 0.3 is 0 Å². The van der Waals surface area contributed by atoms with Gasteiger partial charge in [-0.25, -0.2) is 4.98 Å². The second-order valence-corrected chi connectivity index (χ2v) is 5.99. The second-order valence-electron chi connectivity index (χ2n) is 5.08. The average molecular weight is 387 g/mol. The van der Waals surface area contributed by atoms with Crippen LogP contribution in [0.5, 0.6) is 5.88 Å². The van der Waals surface area contributed by atoms with Crippen molar-refractivity contribution < 1.29 is 9.53 Å². The molecule has 0 spiro atoms. The Morgan fingerprint density at radius 2 is 2.08 bits per heavy atom. The number of aromatic nitrogens is 3. The van der Waals surface area contributed by atoms with E-state index in [-0.39, 0.29) is 11.8 Å². The van der Waals surface area contributed by atoms with E-state index in [9.17, 15) is 4.79 Å². The van der Waals surface area contributed by atoms with Gasteiger partial charge in [-0.15, -0.1) is 0 Å². The molecule has 0 atom stereocenters. The molecule has 0 aliphatic carbocycles. The molecule has 0 aliphatic heterocycles. The van der Waals surface area contributed by atoms with Crippen LogP contribution in [0.1, 0.15) is 15.9 Å². The minimum Gasteiger partial charge on any atom is -0.480 e. The number of ether oxygens (including phenoxy) is 1. The molecule has 0 saturated carbocycles. The molecule has 3 aromatic rings. The quantitative estimate of drug-likeness (QED) is 0.729. The third kappa shape index (κ3) is 3.80. The lowest BCUT2D eigenvalue weighted by atomic mass is 10.2. The minimum absolute atomic E-state index is 0.271. The first kappa shape index (κ1) is 16.2. The number of hydrogen-bond acceptors (Lipinski definition) is 4. The number of halogens is 1. The Balaban J connectivity index is 1.73. The third-order valence-corrected chi connectivity index (χ3v) is 3.77. The third-order valence-electron chi connectivity index (χ3n) is 3.33. The van der Waals surface area contributed by atoms with E-state index in [0.717, 1.165) is 5.56 Å². The Morgan fingerprint density at radius 1 is 1.29 bits per heavy atom. The van der Waals surface area contributed by atoms with Crippen molar-refractivity contribution in [1.29, 1.82) is 0 Å². The Morgan fingerprint density at radius 3 is 2.83 bits per heavy atom. The van der Waals surface area contributed by atoms with Gasteiger partial charge in [-0.05, 0) is 27.6 Å². The summed E-state index contributed by atoms with van der Waals surface area (Å²) in [4.78, 5) is 16.5. The summed E-state index contributed by atoms with van der Waals surface area (Å²) in [5.41, 5.74) is 2.09. The van der Waals surface area contributed by atoms with E-state index in [0.29, 0.717) is 22.3 Å². The zero-order valence-corrected chi connectivity index (χ0v) is 14.5. The number of amides is 1. The molecule has 2 aromatic heterocycles. The van der Waals surface area contributed by atoms with Gasteiger partial charge in [-0.3, -0.25) is 9.48 Å². The van der Waals surface area contributed by atoms with Gasteiger partial charge in [0.2, 0.25) is 5.88 Å². The Labute approximate surface area is 147 Å². The smallest absolute Gasteiger partial charge is 0.261 e. The SMILES string of the molecule is COc1ncc(Br)cc1C(=O)Nc1cnn(Cc2ccccc2)c1. The van der Waals surface area contributed by atoms with Crippen LogP contribution < -0.4 is 10.1 Å². The number of nitrogens with zero attached hydrogens (tertiary/aromatic N) is 3. The predicted molar refractivity (Wildman–Crippen MR) is 94.2 cm³/mol. The van der Waals surface area contributed by atoms with Gasteiger partial charge in [0.1, 0.15) is 5.56 Å². The number of nitrogens with one attached hydrogen (secondary N) is 1. The molecule has 7 heteroatoms. The summed E-state index contributed by atoms with van der Waals surface area (Å²) in [5, 5.41) is 7.07. The van der Waals surface area contributed by atoms with Crippen molar-refractivity contribution in [2.24, 2.45) is 0 Å². The number of rotatable bonds is 5. The topological polar surface area (TPSA) is 69.0 Å². The Kier molecular flexibility index (Phi) is 4.90. The van der Waals surface area contributed by atoms with Gasteiger partial charge in [0.05, 0.1) is 25.5 Å². The summed E-state index contributed by atoms with van der Waals surface area (Å²) in [6, 6.07) is 11.6. The van der Waals surface area contributed by atoms with Crippen molar-refractivity contribution in [3.8, 4) is 5.88 Å². The van der Waals surface area contributed by atoms with E-state index in [2.05, 4.69) is 31.3 Å². The van der Waals surface area contributed by atoms with Crippen LogP contribution in [-0.2, 0) is 6.54 Å². The van der Waals surface area contributed by atoms with Gasteiger partial charge in [0.15, 0.2) is 0 Å². The van der Waals surface area contributed by atoms with E-state index < -0.39 is 0 Å². The van der Waals surface area contributed by atoms with Crippen LogP contribution in [0.2, 0.25) is 0 Å². The van der Waals surface area contributed by atoms with E-state index in [1.54, 1.807) is 29.3 Å². The molecule has 1 aromatic carbocycles. The van der Waals surface area contributed by atoms with Crippen LogP contribution >= 0.6 is 15.9 Å². The van der Waals surface area contributed by atoms with Crippen LogP contribution in [-0.4, -0.2) is 27.8 Å². The number of carbonyl (C=O) groups excluding carboxylic acids is 1.